The van der Waals surface area contributed by atoms with Crippen LogP contribution in [0.1, 0.15) is 0 Å². The van der Waals surface area contributed by atoms with Gasteiger partial charge < -0.3 is 9.80 Å². The Morgan fingerprint density at radius 3 is 1.00 bits per heavy atom. The molecule has 1 aromatic heterocycles. The van der Waals surface area contributed by atoms with Crippen molar-refractivity contribution < 1.29 is 0 Å². The Balaban J connectivity index is 0.958. The quantitative estimate of drug-likeness (QED) is 0.136. The molecular weight excluding hydrogens is 781 g/mol. The molecule has 0 radical (unpaired) electrons. The van der Waals surface area contributed by atoms with E-state index in [9.17, 15) is 0 Å². The zero-order chi connectivity index (χ0) is 42.0. The minimum atomic E-state index is 1.09. The van der Waals surface area contributed by atoms with E-state index in [4.69, 9.17) is 0 Å². The van der Waals surface area contributed by atoms with Crippen molar-refractivity contribution in [3.8, 4) is 44.5 Å². The lowest BCUT2D eigenvalue weighted by Gasteiger charge is -2.27. The number of hydrogen-bond donors (Lipinski definition) is 0. The van der Waals surface area contributed by atoms with Crippen LogP contribution in [0.15, 0.2) is 255 Å². The minimum Gasteiger partial charge on any atom is -0.310 e. The van der Waals surface area contributed by atoms with Gasteiger partial charge in [0.2, 0.25) is 0 Å². The Bertz CT molecular complexity index is 3200. The van der Waals surface area contributed by atoms with Crippen LogP contribution in [0.3, 0.4) is 0 Å². The maximum Gasteiger partial charge on any atom is 0.0476 e. The molecule has 0 bridgehead atoms. The monoisotopic (exact) mass is 822 g/mol. The lowest BCUT2D eigenvalue weighted by atomic mass is 10.0. The zero-order valence-electron chi connectivity index (χ0n) is 34.6. The van der Waals surface area contributed by atoms with Crippen LogP contribution in [0.5, 0.6) is 0 Å². The molecule has 0 N–H and O–H groups in total. The highest BCUT2D eigenvalue weighted by Gasteiger charge is 2.17. The van der Waals surface area contributed by atoms with Crippen LogP contribution in [-0.2, 0) is 0 Å². The predicted molar refractivity (Wildman–Crippen MR) is 270 cm³/mol. The molecule has 0 fully saturated rings. The van der Waals surface area contributed by atoms with E-state index in [1.54, 1.807) is 0 Å². The summed E-state index contributed by atoms with van der Waals surface area (Å²) in [6.45, 7) is 0. The standard InChI is InChI=1S/C60H42N2S/c1-4-13-43(14-5-1)46-23-31-51(32-24-46)61(52-33-25-47(26-34-52)44-15-6-2-7-16-44)55-20-12-19-50(41-55)49-29-37-54(38-30-49)62(53-35-27-48(28-36-53)45-17-8-3-9-18-45)56-39-40-58-57-21-10-11-22-59(57)63-60(58)42-56/h1-42H. The smallest absolute Gasteiger partial charge is 0.0476 e. The summed E-state index contributed by atoms with van der Waals surface area (Å²) in [7, 11) is 0. The van der Waals surface area contributed by atoms with Crippen LogP contribution in [0, 0.1) is 0 Å². The summed E-state index contributed by atoms with van der Waals surface area (Å²) in [5.41, 5.74) is 16.1. The van der Waals surface area contributed by atoms with Crippen LogP contribution in [0.2, 0.25) is 0 Å². The fourth-order valence-corrected chi connectivity index (χ4v) is 9.82. The molecule has 0 atom stereocenters. The third-order valence-corrected chi connectivity index (χ3v) is 13.0. The van der Waals surface area contributed by atoms with E-state index in [1.807, 2.05) is 11.3 Å². The van der Waals surface area contributed by atoms with Crippen LogP contribution in [0.4, 0.5) is 34.1 Å². The lowest BCUT2D eigenvalue weighted by Crippen LogP contribution is -2.10. The molecule has 0 spiro atoms. The van der Waals surface area contributed by atoms with Gasteiger partial charge in [0, 0.05) is 54.3 Å². The fraction of sp³-hybridized carbons (Fsp3) is 0. The Morgan fingerprint density at radius 2 is 0.540 bits per heavy atom. The molecule has 2 nitrogen and oxygen atoms in total. The number of fused-ring (bicyclic) bond motifs is 3. The molecule has 0 amide bonds. The summed E-state index contributed by atoms with van der Waals surface area (Å²) in [5, 5.41) is 2.60. The SMILES string of the molecule is c1ccc(-c2ccc(N(c3ccc(-c4ccccc4)cc3)c3cccc(-c4ccc(N(c5ccc(-c6ccccc6)cc5)c5ccc6c(c5)sc5ccccc56)cc4)c3)cc2)cc1. The van der Waals surface area contributed by atoms with E-state index < -0.39 is 0 Å². The second kappa shape index (κ2) is 16.8. The third kappa shape index (κ3) is 7.67. The third-order valence-electron chi connectivity index (χ3n) is 11.9. The van der Waals surface area contributed by atoms with E-state index in [1.165, 1.54) is 53.6 Å². The van der Waals surface area contributed by atoms with Gasteiger partial charge in [-0.2, -0.15) is 0 Å². The van der Waals surface area contributed by atoms with E-state index in [0.717, 1.165) is 45.3 Å². The van der Waals surface area contributed by atoms with Gasteiger partial charge in [0.25, 0.3) is 0 Å². The summed E-state index contributed by atoms with van der Waals surface area (Å²) >= 11 is 1.85. The molecule has 298 valence electrons. The number of rotatable bonds is 10. The van der Waals surface area contributed by atoms with Crippen molar-refractivity contribution in [1.29, 1.82) is 0 Å². The molecule has 0 saturated heterocycles. The first-order valence-electron chi connectivity index (χ1n) is 21.4. The molecule has 1 heterocycles. The molecule has 0 unspecified atom stereocenters. The Labute approximate surface area is 372 Å². The average molecular weight is 823 g/mol. The van der Waals surface area contributed by atoms with Crippen LogP contribution in [-0.4, -0.2) is 0 Å². The van der Waals surface area contributed by atoms with Gasteiger partial charge in [0.15, 0.2) is 0 Å². The second-order valence-corrected chi connectivity index (χ2v) is 16.9. The molecule has 11 aromatic rings. The van der Waals surface area contributed by atoms with Crippen molar-refractivity contribution in [2.75, 3.05) is 9.80 Å². The molecule has 0 saturated carbocycles. The first kappa shape index (κ1) is 38.0. The summed E-state index contributed by atoms with van der Waals surface area (Å²) < 4.78 is 2.59. The first-order chi connectivity index (χ1) is 31.2. The normalized spacial score (nSPS) is 11.2. The summed E-state index contributed by atoms with van der Waals surface area (Å²) in [6.07, 6.45) is 0. The summed E-state index contributed by atoms with van der Waals surface area (Å²) in [5.74, 6) is 0. The van der Waals surface area contributed by atoms with Crippen LogP contribution >= 0.6 is 11.3 Å². The largest absolute Gasteiger partial charge is 0.310 e. The van der Waals surface area contributed by atoms with Crippen molar-refractivity contribution in [3.63, 3.8) is 0 Å². The molecule has 3 heteroatoms. The Morgan fingerprint density at radius 1 is 0.206 bits per heavy atom. The highest BCUT2D eigenvalue weighted by Crippen LogP contribution is 2.43. The minimum absolute atomic E-state index is 1.09. The van der Waals surface area contributed by atoms with E-state index in [0.29, 0.717) is 0 Å². The molecule has 11 rings (SSSR count). The van der Waals surface area contributed by atoms with Gasteiger partial charge in [-0.05, 0) is 123 Å². The average Bonchev–Trinajstić information content (AvgIpc) is 3.74. The molecule has 0 aliphatic rings. The fourth-order valence-electron chi connectivity index (χ4n) is 8.68. The topological polar surface area (TPSA) is 6.48 Å². The van der Waals surface area contributed by atoms with Crippen molar-refractivity contribution in [2.45, 2.75) is 0 Å². The van der Waals surface area contributed by atoms with Crippen LogP contribution < -0.4 is 9.80 Å². The van der Waals surface area contributed by atoms with E-state index in [2.05, 4.69) is 265 Å². The molecular formula is C60H42N2S. The van der Waals surface area contributed by atoms with Crippen molar-refractivity contribution in [3.05, 3.63) is 255 Å². The first-order valence-corrected chi connectivity index (χ1v) is 22.2. The van der Waals surface area contributed by atoms with Gasteiger partial charge in [-0.1, -0.05) is 176 Å². The van der Waals surface area contributed by atoms with Gasteiger partial charge >= 0.3 is 0 Å². The second-order valence-electron chi connectivity index (χ2n) is 15.8. The number of nitrogens with zero attached hydrogens (tertiary/aromatic N) is 2. The van der Waals surface area contributed by atoms with Crippen molar-refractivity contribution in [2.24, 2.45) is 0 Å². The highest BCUT2D eigenvalue weighted by atomic mass is 32.1. The number of anilines is 6. The maximum absolute atomic E-state index is 2.37. The molecule has 0 aliphatic heterocycles. The van der Waals surface area contributed by atoms with Gasteiger partial charge in [-0.15, -0.1) is 11.3 Å². The molecule has 0 aliphatic carbocycles. The van der Waals surface area contributed by atoms with Gasteiger partial charge in [-0.3, -0.25) is 0 Å². The van der Waals surface area contributed by atoms with Gasteiger partial charge in [0.1, 0.15) is 0 Å². The zero-order valence-corrected chi connectivity index (χ0v) is 35.4. The van der Waals surface area contributed by atoms with Gasteiger partial charge in [0.05, 0.1) is 0 Å². The predicted octanol–water partition coefficient (Wildman–Crippen LogP) is 17.7. The van der Waals surface area contributed by atoms with E-state index >= 15 is 0 Å². The van der Waals surface area contributed by atoms with Gasteiger partial charge in [-0.25, -0.2) is 0 Å². The maximum atomic E-state index is 2.37. The van der Waals surface area contributed by atoms with Crippen LogP contribution in [0.25, 0.3) is 64.7 Å². The lowest BCUT2D eigenvalue weighted by molar-refractivity contribution is 1.28. The summed E-state index contributed by atoms with van der Waals surface area (Å²) in [6, 6.07) is 91.9. The summed E-state index contributed by atoms with van der Waals surface area (Å²) in [4.78, 5) is 4.73. The number of thiophene rings is 1. The number of hydrogen-bond acceptors (Lipinski definition) is 3. The van der Waals surface area contributed by atoms with Crippen molar-refractivity contribution >= 4 is 65.6 Å². The number of benzene rings is 10. The van der Waals surface area contributed by atoms with Crippen molar-refractivity contribution in [1.82, 2.24) is 0 Å². The van der Waals surface area contributed by atoms with E-state index in [-0.39, 0.29) is 0 Å². The highest BCUT2D eigenvalue weighted by molar-refractivity contribution is 7.25. The molecule has 63 heavy (non-hydrogen) atoms. The Hall–Kier alpha value is -7.98. The molecule has 10 aromatic carbocycles. The Kier molecular flexibility index (Phi) is 10.1.